The van der Waals surface area contributed by atoms with Gasteiger partial charge in [-0.25, -0.2) is 4.98 Å². The molecule has 112 valence electrons. The highest BCUT2D eigenvalue weighted by Crippen LogP contribution is 2.12. The van der Waals surface area contributed by atoms with E-state index in [1.165, 1.54) is 0 Å². The Kier molecular flexibility index (Phi) is 3.35. The van der Waals surface area contributed by atoms with Gasteiger partial charge in [0.25, 0.3) is 5.56 Å². The van der Waals surface area contributed by atoms with Crippen LogP contribution >= 0.6 is 0 Å². The van der Waals surface area contributed by atoms with Crippen molar-refractivity contribution in [3.05, 3.63) is 83.0 Å². The third-order valence-electron chi connectivity index (χ3n) is 4.00. The second kappa shape index (κ2) is 5.65. The van der Waals surface area contributed by atoms with Crippen LogP contribution in [0.4, 0.5) is 0 Å². The number of hydrogen-bond acceptors (Lipinski definition) is 3. The van der Waals surface area contributed by atoms with Gasteiger partial charge in [0.05, 0.1) is 22.7 Å². The van der Waals surface area contributed by atoms with Gasteiger partial charge in [0, 0.05) is 24.0 Å². The van der Waals surface area contributed by atoms with Crippen molar-refractivity contribution in [2.75, 3.05) is 0 Å². The number of nitrogens with zero attached hydrogens (tertiary/aromatic N) is 3. The van der Waals surface area contributed by atoms with E-state index in [0.29, 0.717) is 18.4 Å². The normalized spacial score (nSPS) is 11.1. The summed E-state index contributed by atoms with van der Waals surface area (Å²) < 4.78 is 1.65. The van der Waals surface area contributed by atoms with Crippen molar-refractivity contribution in [2.24, 2.45) is 0 Å². The Morgan fingerprint density at radius 2 is 1.65 bits per heavy atom. The second-order valence-corrected chi connectivity index (χ2v) is 5.51. The standard InChI is InChI=1S/C19H15N3O/c23-19-16-6-2-4-8-18(16)20-13-22(19)12-11-15-10-9-14-5-1-3-7-17(14)21-15/h1-10,13H,11-12H2. The first kappa shape index (κ1) is 13.6. The summed E-state index contributed by atoms with van der Waals surface area (Å²) in [5.74, 6) is 0. The second-order valence-electron chi connectivity index (χ2n) is 5.51. The van der Waals surface area contributed by atoms with Gasteiger partial charge in [-0.1, -0.05) is 36.4 Å². The van der Waals surface area contributed by atoms with Crippen molar-refractivity contribution in [3.8, 4) is 0 Å². The molecule has 2 heterocycles. The van der Waals surface area contributed by atoms with E-state index in [4.69, 9.17) is 0 Å². The fourth-order valence-corrected chi connectivity index (χ4v) is 2.75. The van der Waals surface area contributed by atoms with Crippen LogP contribution in [-0.2, 0) is 13.0 Å². The molecule has 0 unspecified atom stereocenters. The van der Waals surface area contributed by atoms with E-state index >= 15 is 0 Å². The molecule has 4 rings (SSSR count). The highest BCUT2D eigenvalue weighted by Gasteiger charge is 2.04. The molecule has 0 saturated heterocycles. The lowest BCUT2D eigenvalue weighted by molar-refractivity contribution is 0.655. The van der Waals surface area contributed by atoms with Crippen LogP contribution in [0.1, 0.15) is 5.69 Å². The Bertz CT molecular complexity index is 1050. The molecular formula is C19H15N3O. The molecule has 0 N–H and O–H groups in total. The minimum Gasteiger partial charge on any atom is -0.298 e. The Morgan fingerprint density at radius 3 is 2.57 bits per heavy atom. The van der Waals surface area contributed by atoms with Crippen LogP contribution in [0, 0.1) is 0 Å². The molecule has 0 spiro atoms. The summed E-state index contributed by atoms with van der Waals surface area (Å²) in [6.45, 7) is 0.571. The summed E-state index contributed by atoms with van der Waals surface area (Å²) in [7, 11) is 0. The minimum atomic E-state index is -0.00334. The van der Waals surface area contributed by atoms with E-state index in [2.05, 4.69) is 16.0 Å². The molecule has 2 aromatic carbocycles. The van der Waals surface area contributed by atoms with Crippen LogP contribution in [0.5, 0.6) is 0 Å². The molecular weight excluding hydrogens is 286 g/mol. The lowest BCUT2D eigenvalue weighted by Gasteiger charge is -2.07. The first-order chi connectivity index (χ1) is 11.3. The van der Waals surface area contributed by atoms with Crippen LogP contribution in [0.2, 0.25) is 0 Å². The minimum absolute atomic E-state index is 0.00334. The summed E-state index contributed by atoms with van der Waals surface area (Å²) in [6.07, 6.45) is 2.32. The van der Waals surface area contributed by atoms with E-state index < -0.39 is 0 Å². The lowest BCUT2D eigenvalue weighted by Crippen LogP contribution is -2.21. The summed E-state index contributed by atoms with van der Waals surface area (Å²) in [4.78, 5) is 21.5. The summed E-state index contributed by atoms with van der Waals surface area (Å²) in [5, 5.41) is 1.78. The molecule has 0 aliphatic carbocycles. The monoisotopic (exact) mass is 301 g/mol. The van der Waals surface area contributed by atoms with Gasteiger partial charge in [-0.3, -0.25) is 14.3 Å². The third-order valence-corrected chi connectivity index (χ3v) is 4.00. The zero-order chi connectivity index (χ0) is 15.6. The van der Waals surface area contributed by atoms with Gasteiger partial charge in [0.1, 0.15) is 0 Å². The van der Waals surface area contributed by atoms with Gasteiger partial charge in [-0.15, -0.1) is 0 Å². The van der Waals surface area contributed by atoms with Crippen LogP contribution in [0.15, 0.2) is 71.8 Å². The number of rotatable bonds is 3. The number of hydrogen-bond donors (Lipinski definition) is 0. The van der Waals surface area contributed by atoms with Crippen molar-refractivity contribution in [3.63, 3.8) is 0 Å². The fraction of sp³-hybridized carbons (Fsp3) is 0.105. The predicted molar refractivity (Wildman–Crippen MR) is 91.5 cm³/mol. The highest BCUT2D eigenvalue weighted by molar-refractivity contribution is 5.78. The van der Waals surface area contributed by atoms with Crippen LogP contribution in [-0.4, -0.2) is 14.5 Å². The summed E-state index contributed by atoms with van der Waals surface area (Å²) in [6, 6.07) is 19.5. The van der Waals surface area contributed by atoms with Crippen LogP contribution in [0.3, 0.4) is 0 Å². The zero-order valence-electron chi connectivity index (χ0n) is 12.5. The maximum absolute atomic E-state index is 12.5. The maximum atomic E-state index is 12.5. The Hall–Kier alpha value is -3.01. The zero-order valence-corrected chi connectivity index (χ0v) is 12.5. The number of fused-ring (bicyclic) bond motifs is 2. The van der Waals surface area contributed by atoms with Gasteiger partial charge in [0.15, 0.2) is 0 Å². The molecule has 4 nitrogen and oxygen atoms in total. The molecule has 0 atom stereocenters. The molecule has 4 heteroatoms. The fourth-order valence-electron chi connectivity index (χ4n) is 2.75. The molecule has 2 aromatic heterocycles. The Labute approximate surface area is 133 Å². The molecule has 0 amide bonds. The quantitative estimate of drug-likeness (QED) is 0.584. The number of aromatic nitrogens is 3. The molecule has 0 fully saturated rings. The summed E-state index contributed by atoms with van der Waals surface area (Å²) >= 11 is 0. The molecule has 0 aliphatic rings. The Morgan fingerprint density at radius 1 is 0.870 bits per heavy atom. The average Bonchev–Trinajstić information content (AvgIpc) is 2.61. The van der Waals surface area contributed by atoms with Gasteiger partial charge >= 0.3 is 0 Å². The Balaban J connectivity index is 1.63. The van der Waals surface area contributed by atoms with E-state index in [1.54, 1.807) is 10.9 Å². The number of aryl methyl sites for hydroxylation is 2. The van der Waals surface area contributed by atoms with E-state index in [-0.39, 0.29) is 5.56 Å². The predicted octanol–water partition coefficient (Wildman–Crippen LogP) is 3.19. The van der Waals surface area contributed by atoms with Crippen LogP contribution < -0.4 is 5.56 Å². The van der Waals surface area contributed by atoms with Gasteiger partial charge in [-0.05, 0) is 24.3 Å². The third kappa shape index (κ3) is 2.59. The van der Waals surface area contributed by atoms with Crippen molar-refractivity contribution in [2.45, 2.75) is 13.0 Å². The lowest BCUT2D eigenvalue weighted by atomic mass is 10.2. The number of benzene rings is 2. The smallest absolute Gasteiger partial charge is 0.261 e. The average molecular weight is 301 g/mol. The van der Waals surface area contributed by atoms with E-state index in [1.807, 2.05) is 54.6 Å². The van der Waals surface area contributed by atoms with E-state index in [0.717, 1.165) is 22.1 Å². The van der Waals surface area contributed by atoms with Gasteiger partial charge in [-0.2, -0.15) is 0 Å². The number of para-hydroxylation sites is 2. The molecule has 4 aromatic rings. The first-order valence-electron chi connectivity index (χ1n) is 7.60. The molecule has 23 heavy (non-hydrogen) atoms. The van der Waals surface area contributed by atoms with Gasteiger partial charge in [0.2, 0.25) is 0 Å². The molecule has 0 bridgehead atoms. The van der Waals surface area contributed by atoms with Crippen molar-refractivity contribution in [1.82, 2.24) is 14.5 Å². The summed E-state index contributed by atoms with van der Waals surface area (Å²) in [5.41, 5.74) is 2.69. The van der Waals surface area contributed by atoms with Crippen molar-refractivity contribution in [1.29, 1.82) is 0 Å². The van der Waals surface area contributed by atoms with Crippen molar-refractivity contribution < 1.29 is 0 Å². The first-order valence-corrected chi connectivity index (χ1v) is 7.60. The van der Waals surface area contributed by atoms with Gasteiger partial charge < -0.3 is 0 Å². The van der Waals surface area contributed by atoms with E-state index in [9.17, 15) is 4.79 Å². The van der Waals surface area contributed by atoms with Crippen LogP contribution in [0.25, 0.3) is 21.8 Å². The SMILES string of the molecule is O=c1c2ccccc2ncn1CCc1ccc2ccccc2n1. The molecule has 0 aliphatic heterocycles. The topological polar surface area (TPSA) is 47.8 Å². The van der Waals surface area contributed by atoms with Crippen molar-refractivity contribution >= 4 is 21.8 Å². The molecule has 0 radical (unpaired) electrons. The maximum Gasteiger partial charge on any atom is 0.261 e. The molecule has 0 saturated carbocycles. The highest BCUT2D eigenvalue weighted by atomic mass is 16.1. The largest absolute Gasteiger partial charge is 0.298 e. The number of pyridine rings is 1.